The van der Waals surface area contributed by atoms with Gasteiger partial charge >= 0.3 is 0 Å². The Kier molecular flexibility index (Phi) is 6.72. The van der Waals surface area contributed by atoms with Gasteiger partial charge in [-0.15, -0.1) is 0 Å². The molecule has 1 amide bonds. The maximum atomic E-state index is 14.0. The Balaban J connectivity index is 1.94. The number of phenols is 1. The molecule has 3 aliphatic carbocycles. The van der Waals surface area contributed by atoms with Gasteiger partial charge in [-0.3, -0.25) is 19.3 Å². The summed E-state index contributed by atoms with van der Waals surface area (Å²) >= 11 is 0. The van der Waals surface area contributed by atoms with Crippen LogP contribution in [0.25, 0.3) is 5.76 Å². The number of amides is 1. The third kappa shape index (κ3) is 3.60. The van der Waals surface area contributed by atoms with Gasteiger partial charge in [-0.2, -0.15) is 0 Å². The molecule has 0 radical (unpaired) electrons. The number of hydrogen-bond acceptors (Lipinski definition) is 10. The van der Waals surface area contributed by atoms with E-state index >= 15 is 0 Å². The highest BCUT2D eigenvalue weighted by Gasteiger charge is 2.72. The molecule has 1 aromatic rings. The molecule has 206 valence electrons. The average Bonchev–Trinajstić information content (AvgIpc) is 2.80. The summed E-state index contributed by atoms with van der Waals surface area (Å²) < 4.78 is 0. The molecule has 1 fully saturated rings. The molecule has 0 bridgehead atoms. The summed E-state index contributed by atoms with van der Waals surface area (Å²) in [6.45, 7) is 6.79. The normalized spacial score (nSPS) is 31.0. The van der Waals surface area contributed by atoms with Crippen molar-refractivity contribution in [1.29, 1.82) is 0 Å². The van der Waals surface area contributed by atoms with Gasteiger partial charge in [0.25, 0.3) is 5.91 Å². The van der Waals surface area contributed by atoms with E-state index in [-0.39, 0.29) is 16.9 Å². The van der Waals surface area contributed by atoms with Crippen molar-refractivity contribution in [1.82, 2.24) is 10.2 Å². The van der Waals surface area contributed by atoms with E-state index in [9.17, 15) is 39.9 Å². The molecule has 1 unspecified atom stereocenters. The lowest BCUT2D eigenvalue weighted by Crippen LogP contribution is -2.77. The number of phenolic OH excluding ortho intramolecular Hbond substituents is 1. The first-order chi connectivity index (χ1) is 17.6. The zero-order chi connectivity index (χ0) is 28.5. The Morgan fingerprint density at radius 1 is 1.18 bits per heavy atom. The number of ketones is 2. The zero-order valence-corrected chi connectivity index (χ0v) is 22.1. The number of hydrogen-bond donors (Lipinski definition) is 7. The van der Waals surface area contributed by atoms with Crippen molar-refractivity contribution in [3.8, 4) is 5.75 Å². The van der Waals surface area contributed by atoms with E-state index in [1.54, 1.807) is 19.1 Å². The topological polar surface area (TPSA) is 194 Å². The molecule has 0 heterocycles. The third-order valence-electron chi connectivity index (χ3n) is 8.14. The van der Waals surface area contributed by atoms with Crippen LogP contribution < -0.4 is 11.1 Å². The van der Waals surface area contributed by atoms with E-state index in [1.807, 2.05) is 13.8 Å². The monoisotopic (exact) mass is 529 g/mol. The summed E-state index contributed by atoms with van der Waals surface area (Å²) in [4.78, 5) is 40.5. The molecule has 1 saturated carbocycles. The van der Waals surface area contributed by atoms with E-state index in [4.69, 9.17) is 5.73 Å². The molecule has 0 saturated heterocycles. The van der Waals surface area contributed by atoms with Gasteiger partial charge in [-0.05, 0) is 44.5 Å². The summed E-state index contributed by atoms with van der Waals surface area (Å²) in [6, 6.07) is 1.84. The van der Waals surface area contributed by atoms with Crippen LogP contribution in [-0.4, -0.2) is 85.8 Å². The molecule has 4 rings (SSSR count). The Hall–Kier alpha value is -3.25. The number of aromatic hydroxyl groups is 1. The number of aliphatic hydroxyl groups is 4. The molecular formula is C27H35N3O8. The number of benzene rings is 1. The van der Waals surface area contributed by atoms with E-state index in [2.05, 4.69) is 5.32 Å². The van der Waals surface area contributed by atoms with Gasteiger partial charge in [0.15, 0.2) is 11.5 Å². The number of carbonyl (C=O) groups excluding carboxylic acids is 3. The highest BCUT2D eigenvalue weighted by molar-refractivity contribution is 6.25. The summed E-state index contributed by atoms with van der Waals surface area (Å²) in [7, 11) is 2.84. The molecule has 0 aliphatic heterocycles. The molecular weight excluding hydrogens is 494 g/mol. The second kappa shape index (κ2) is 9.19. The number of nitrogens with one attached hydrogen (secondary N) is 1. The number of likely N-dealkylation sites (N-methyl/N-ethyl adjacent to an activating group) is 1. The summed E-state index contributed by atoms with van der Waals surface area (Å²) in [5.74, 6) is -6.93. The fraction of sp³-hybridized carbons (Fsp3) is 0.519. The first-order valence-corrected chi connectivity index (χ1v) is 12.5. The van der Waals surface area contributed by atoms with Crippen LogP contribution in [0.5, 0.6) is 5.75 Å². The second-order valence-electron chi connectivity index (χ2n) is 11.2. The number of Topliss-reactive ketones (excluding diaryl/α,β-unsaturated/α-hetero) is 2. The SMILES string of the molecule is CC(C)CNCc1ccc2c(c1O)C(O)=C1C(=O)[C@]3(O)C(O)=C(C(N)=O)C(=O)[C@@H](N(C)C)[C@]3(O)CC1[C@H]2C. The average molecular weight is 530 g/mol. The lowest BCUT2D eigenvalue weighted by atomic mass is 9.53. The van der Waals surface area contributed by atoms with Gasteiger partial charge in [0.2, 0.25) is 11.4 Å². The molecule has 5 atom stereocenters. The van der Waals surface area contributed by atoms with Gasteiger partial charge in [0.05, 0.1) is 5.56 Å². The quantitative estimate of drug-likeness (QED) is 0.253. The summed E-state index contributed by atoms with van der Waals surface area (Å²) in [5.41, 5.74) is -0.682. The van der Waals surface area contributed by atoms with Crippen molar-refractivity contribution in [3.63, 3.8) is 0 Å². The minimum Gasteiger partial charge on any atom is -0.508 e. The van der Waals surface area contributed by atoms with Crippen molar-refractivity contribution >= 4 is 23.2 Å². The van der Waals surface area contributed by atoms with Crippen molar-refractivity contribution in [2.24, 2.45) is 17.6 Å². The smallest absolute Gasteiger partial charge is 0.255 e. The van der Waals surface area contributed by atoms with Crippen LogP contribution in [0, 0.1) is 11.8 Å². The zero-order valence-electron chi connectivity index (χ0n) is 22.1. The Morgan fingerprint density at radius 3 is 2.37 bits per heavy atom. The number of rotatable bonds is 6. The first kappa shape index (κ1) is 27.8. The molecule has 1 aromatic carbocycles. The molecule has 11 heteroatoms. The standard InChI is InChI=1S/C27H35N3O8/c1-11(2)9-29-10-13-6-7-14-12(3)15-8-26(37)22(30(4)5)21(33)18(25(28)36)24(35)27(26,38)23(34)17(15)20(32)16(14)19(13)31/h6-7,11-12,15,22,29,31-32,35,37-38H,8-10H2,1-5H3,(H2,28,36)/t12-,15?,22+,26+,27-/m0/s1. The van der Waals surface area contributed by atoms with E-state index in [0.717, 1.165) is 0 Å². The van der Waals surface area contributed by atoms with Crippen LogP contribution in [0.15, 0.2) is 29.0 Å². The molecule has 0 aromatic heterocycles. The minimum atomic E-state index is -3.15. The Bertz CT molecular complexity index is 1300. The predicted octanol–water partition coefficient (Wildman–Crippen LogP) is 0.386. The lowest BCUT2D eigenvalue weighted by Gasteiger charge is -2.56. The number of aliphatic hydroxyl groups excluding tert-OH is 2. The fourth-order valence-electron chi connectivity index (χ4n) is 6.30. The predicted molar refractivity (Wildman–Crippen MR) is 137 cm³/mol. The van der Waals surface area contributed by atoms with Crippen molar-refractivity contribution in [2.75, 3.05) is 20.6 Å². The van der Waals surface area contributed by atoms with Crippen LogP contribution in [0.4, 0.5) is 0 Å². The fourth-order valence-corrected chi connectivity index (χ4v) is 6.30. The highest BCUT2D eigenvalue weighted by atomic mass is 16.4. The van der Waals surface area contributed by atoms with Crippen LogP contribution in [-0.2, 0) is 20.9 Å². The molecule has 3 aliphatic rings. The molecule has 8 N–H and O–H groups in total. The van der Waals surface area contributed by atoms with Gasteiger partial charge in [-0.1, -0.05) is 32.9 Å². The van der Waals surface area contributed by atoms with Crippen molar-refractivity contribution in [3.05, 3.63) is 45.7 Å². The number of nitrogens with zero attached hydrogens (tertiary/aromatic N) is 1. The lowest BCUT2D eigenvalue weighted by molar-refractivity contribution is -0.203. The molecule has 38 heavy (non-hydrogen) atoms. The van der Waals surface area contributed by atoms with Crippen LogP contribution >= 0.6 is 0 Å². The van der Waals surface area contributed by atoms with Crippen molar-refractivity contribution in [2.45, 2.75) is 56.9 Å². The van der Waals surface area contributed by atoms with Gasteiger partial charge in [-0.25, -0.2) is 0 Å². The third-order valence-corrected chi connectivity index (χ3v) is 8.14. The summed E-state index contributed by atoms with van der Waals surface area (Å²) in [6.07, 6.45) is -0.418. The van der Waals surface area contributed by atoms with Crippen molar-refractivity contribution < 1.29 is 39.9 Å². The van der Waals surface area contributed by atoms with Gasteiger partial charge in [0, 0.05) is 23.6 Å². The number of nitrogens with two attached hydrogens (primary N) is 1. The van der Waals surface area contributed by atoms with Crippen LogP contribution in [0.1, 0.15) is 49.8 Å². The number of primary amides is 1. The first-order valence-electron chi connectivity index (χ1n) is 12.5. The van der Waals surface area contributed by atoms with Crippen LogP contribution in [0.3, 0.4) is 0 Å². The molecule has 0 spiro atoms. The number of fused-ring (bicyclic) bond motifs is 3. The maximum Gasteiger partial charge on any atom is 0.255 e. The molecule has 11 nitrogen and oxygen atoms in total. The van der Waals surface area contributed by atoms with Gasteiger partial charge in [0.1, 0.15) is 28.7 Å². The van der Waals surface area contributed by atoms with Gasteiger partial charge < -0.3 is 36.6 Å². The van der Waals surface area contributed by atoms with Crippen LogP contribution in [0.2, 0.25) is 0 Å². The highest BCUT2D eigenvalue weighted by Crippen LogP contribution is 2.57. The minimum absolute atomic E-state index is 0.0182. The maximum absolute atomic E-state index is 14.0. The van der Waals surface area contributed by atoms with E-state index in [0.29, 0.717) is 30.1 Å². The Labute approximate surface area is 220 Å². The van der Waals surface area contributed by atoms with E-state index in [1.165, 1.54) is 19.0 Å². The number of carbonyl (C=O) groups is 3. The second-order valence-corrected chi connectivity index (χ2v) is 11.2. The van der Waals surface area contributed by atoms with E-state index < -0.39 is 70.1 Å². The largest absolute Gasteiger partial charge is 0.508 e. The Morgan fingerprint density at radius 2 is 1.82 bits per heavy atom. The summed E-state index contributed by atoms with van der Waals surface area (Å²) in [5, 5.41) is 60.2.